The van der Waals surface area contributed by atoms with Crippen LogP contribution < -0.4 is 0 Å². The van der Waals surface area contributed by atoms with Gasteiger partial charge in [0.15, 0.2) is 0 Å². The average molecular weight is 304 g/mol. The van der Waals surface area contributed by atoms with Crippen LogP contribution in [0.3, 0.4) is 0 Å². The summed E-state index contributed by atoms with van der Waals surface area (Å²) in [4.78, 5) is 0. The van der Waals surface area contributed by atoms with Gasteiger partial charge in [0.1, 0.15) is 5.25 Å². The average Bonchev–Trinajstić information content (AvgIpc) is 2.47. The molecule has 112 valence electrons. The molecule has 0 aliphatic carbocycles. The zero-order valence-electron chi connectivity index (χ0n) is 12.0. The molecule has 0 bridgehead atoms. The van der Waals surface area contributed by atoms with Crippen molar-refractivity contribution in [2.45, 2.75) is 30.9 Å². The van der Waals surface area contributed by atoms with Crippen LogP contribution in [-0.4, -0.2) is 13.0 Å². The van der Waals surface area contributed by atoms with Gasteiger partial charge in [0.25, 0.3) is 10.1 Å². The molecule has 4 heteroatoms. The van der Waals surface area contributed by atoms with Gasteiger partial charge in [-0.05, 0) is 17.5 Å². The summed E-state index contributed by atoms with van der Waals surface area (Å²) in [6.07, 6.45) is 1.54. The van der Waals surface area contributed by atoms with E-state index in [2.05, 4.69) is 0 Å². The van der Waals surface area contributed by atoms with Gasteiger partial charge in [-0.1, -0.05) is 74.0 Å². The zero-order chi connectivity index (χ0) is 15.3. The Morgan fingerprint density at radius 1 is 0.905 bits per heavy atom. The van der Waals surface area contributed by atoms with E-state index in [0.29, 0.717) is 12.0 Å². The van der Waals surface area contributed by atoms with Crippen molar-refractivity contribution in [3.05, 3.63) is 71.8 Å². The second-order valence-electron chi connectivity index (χ2n) is 5.15. The Morgan fingerprint density at radius 2 is 1.38 bits per heavy atom. The fourth-order valence-electron chi connectivity index (χ4n) is 2.76. The van der Waals surface area contributed by atoms with Gasteiger partial charge in [-0.2, -0.15) is 8.42 Å². The second-order valence-corrected chi connectivity index (χ2v) is 6.69. The summed E-state index contributed by atoms with van der Waals surface area (Å²) >= 11 is 0. The molecular formula is C17H20O3S. The standard InChI is InChI=1S/C17H20O3S/c1-2-9-16(14-10-5-3-6-11-14)17(21(18,19)20)15-12-7-4-8-13-15/h3-8,10-13,16-17H,2,9H2,1H3,(H,18,19,20). The van der Waals surface area contributed by atoms with Gasteiger partial charge in [-0.25, -0.2) is 0 Å². The molecule has 0 heterocycles. The summed E-state index contributed by atoms with van der Waals surface area (Å²) in [5.74, 6) is -0.256. The lowest BCUT2D eigenvalue weighted by atomic mass is 9.88. The predicted octanol–water partition coefficient (Wildman–Crippen LogP) is 4.20. The Morgan fingerprint density at radius 3 is 1.81 bits per heavy atom. The van der Waals surface area contributed by atoms with Crippen LogP contribution in [0.1, 0.15) is 42.1 Å². The molecule has 0 aliphatic rings. The smallest absolute Gasteiger partial charge is 0.272 e. The van der Waals surface area contributed by atoms with E-state index in [0.717, 1.165) is 12.0 Å². The van der Waals surface area contributed by atoms with Crippen molar-refractivity contribution < 1.29 is 13.0 Å². The van der Waals surface area contributed by atoms with Gasteiger partial charge in [-0.15, -0.1) is 0 Å². The highest BCUT2D eigenvalue weighted by Crippen LogP contribution is 2.39. The van der Waals surface area contributed by atoms with Crippen molar-refractivity contribution in [2.24, 2.45) is 0 Å². The molecule has 2 aromatic rings. The summed E-state index contributed by atoms with van der Waals surface area (Å²) in [5, 5.41) is -0.930. The molecule has 0 aliphatic heterocycles. The first-order chi connectivity index (χ1) is 10.0. The van der Waals surface area contributed by atoms with Gasteiger partial charge in [0.2, 0.25) is 0 Å². The lowest BCUT2D eigenvalue weighted by Gasteiger charge is -2.25. The van der Waals surface area contributed by atoms with Gasteiger partial charge >= 0.3 is 0 Å². The van der Waals surface area contributed by atoms with E-state index in [1.807, 2.05) is 43.3 Å². The van der Waals surface area contributed by atoms with E-state index < -0.39 is 15.4 Å². The van der Waals surface area contributed by atoms with E-state index in [4.69, 9.17) is 0 Å². The Balaban J connectivity index is 2.52. The van der Waals surface area contributed by atoms with E-state index in [1.54, 1.807) is 24.3 Å². The summed E-state index contributed by atoms with van der Waals surface area (Å²) < 4.78 is 33.7. The molecule has 0 radical (unpaired) electrons. The zero-order valence-corrected chi connectivity index (χ0v) is 12.8. The minimum atomic E-state index is -4.19. The largest absolute Gasteiger partial charge is 0.285 e. The van der Waals surface area contributed by atoms with Crippen molar-refractivity contribution in [1.82, 2.24) is 0 Å². The molecule has 0 amide bonds. The molecule has 2 aromatic carbocycles. The van der Waals surface area contributed by atoms with E-state index in [9.17, 15) is 13.0 Å². The third kappa shape index (κ3) is 3.93. The first-order valence-corrected chi connectivity index (χ1v) is 8.60. The van der Waals surface area contributed by atoms with Gasteiger partial charge in [0, 0.05) is 5.92 Å². The molecule has 2 unspecified atom stereocenters. The third-order valence-electron chi connectivity index (χ3n) is 3.64. The fraction of sp³-hybridized carbons (Fsp3) is 0.294. The lowest BCUT2D eigenvalue weighted by Crippen LogP contribution is -2.20. The van der Waals surface area contributed by atoms with Gasteiger partial charge < -0.3 is 0 Å². The van der Waals surface area contributed by atoms with Crippen molar-refractivity contribution >= 4 is 10.1 Å². The number of rotatable bonds is 6. The topological polar surface area (TPSA) is 54.4 Å². The van der Waals surface area contributed by atoms with Crippen LogP contribution in [0.4, 0.5) is 0 Å². The maximum atomic E-state index is 12.0. The van der Waals surface area contributed by atoms with Crippen molar-refractivity contribution in [3.8, 4) is 0 Å². The van der Waals surface area contributed by atoms with Crippen molar-refractivity contribution in [3.63, 3.8) is 0 Å². The summed E-state index contributed by atoms with van der Waals surface area (Å²) in [6, 6.07) is 18.5. The Labute approximate surface area is 126 Å². The van der Waals surface area contributed by atoms with E-state index in [-0.39, 0.29) is 5.92 Å². The first-order valence-electron chi connectivity index (χ1n) is 7.10. The highest BCUT2D eigenvalue weighted by atomic mass is 32.2. The number of benzene rings is 2. The second kappa shape index (κ2) is 6.87. The van der Waals surface area contributed by atoms with Crippen LogP contribution in [0.5, 0.6) is 0 Å². The van der Waals surface area contributed by atoms with Crippen molar-refractivity contribution in [1.29, 1.82) is 0 Å². The van der Waals surface area contributed by atoms with E-state index in [1.165, 1.54) is 0 Å². The molecule has 2 rings (SSSR count). The summed E-state index contributed by atoms with van der Waals surface area (Å²) in [6.45, 7) is 2.02. The minimum absolute atomic E-state index is 0.256. The minimum Gasteiger partial charge on any atom is -0.285 e. The molecule has 0 saturated heterocycles. The molecule has 2 atom stereocenters. The first kappa shape index (κ1) is 15.7. The van der Waals surface area contributed by atoms with Crippen LogP contribution in [-0.2, 0) is 10.1 Å². The maximum absolute atomic E-state index is 12.0. The molecule has 0 aromatic heterocycles. The van der Waals surface area contributed by atoms with Crippen LogP contribution in [0.2, 0.25) is 0 Å². The quantitative estimate of drug-likeness (QED) is 0.814. The highest BCUT2D eigenvalue weighted by molar-refractivity contribution is 7.86. The Bertz CT molecular complexity index is 651. The highest BCUT2D eigenvalue weighted by Gasteiger charge is 2.34. The van der Waals surface area contributed by atoms with Crippen LogP contribution >= 0.6 is 0 Å². The SMILES string of the molecule is CCCC(c1ccccc1)C(c1ccccc1)S(=O)(=O)O. The molecular weight excluding hydrogens is 284 g/mol. The summed E-state index contributed by atoms with van der Waals surface area (Å²) in [5.41, 5.74) is 1.56. The van der Waals surface area contributed by atoms with Crippen molar-refractivity contribution in [2.75, 3.05) is 0 Å². The maximum Gasteiger partial charge on any atom is 0.272 e. The number of hydrogen-bond donors (Lipinski definition) is 1. The van der Waals surface area contributed by atoms with Gasteiger partial charge in [0.05, 0.1) is 0 Å². The molecule has 1 N–H and O–H groups in total. The monoisotopic (exact) mass is 304 g/mol. The lowest BCUT2D eigenvalue weighted by molar-refractivity contribution is 0.447. The Kier molecular flexibility index (Phi) is 5.15. The van der Waals surface area contributed by atoms with Crippen LogP contribution in [0.15, 0.2) is 60.7 Å². The molecule has 0 saturated carbocycles. The predicted molar refractivity (Wildman–Crippen MR) is 84.8 cm³/mol. The van der Waals surface area contributed by atoms with Gasteiger partial charge in [-0.3, -0.25) is 4.55 Å². The molecule has 3 nitrogen and oxygen atoms in total. The van der Waals surface area contributed by atoms with Crippen LogP contribution in [0.25, 0.3) is 0 Å². The van der Waals surface area contributed by atoms with E-state index >= 15 is 0 Å². The molecule has 0 spiro atoms. The Hall–Kier alpha value is -1.65. The third-order valence-corrected chi connectivity index (χ3v) is 4.88. The molecule has 0 fully saturated rings. The summed E-state index contributed by atoms with van der Waals surface area (Å²) in [7, 11) is -4.19. The fourth-order valence-corrected chi connectivity index (χ4v) is 3.97. The number of hydrogen-bond acceptors (Lipinski definition) is 2. The normalized spacial score (nSPS) is 14.6. The molecule has 21 heavy (non-hydrogen) atoms. The van der Waals surface area contributed by atoms with Crippen LogP contribution in [0, 0.1) is 0 Å².